The maximum Gasteiger partial charge on any atom is 0.232 e. The Morgan fingerprint density at radius 3 is 2.69 bits per heavy atom. The molecule has 5 heteroatoms. The molecular weight excluding hydrogens is 246 g/mol. The molecule has 1 fully saturated rings. The third-order valence-electron chi connectivity index (χ3n) is 3.30. The molecule has 0 aromatic rings. The molecule has 16 heavy (non-hydrogen) atoms. The summed E-state index contributed by atoms with van der Waals surface area (Å²) in [5.74, 6) is 0.0987. The van der Waals surface area contributed by atoms with Crippen LogP contribution in [0.2, 0.25) is 0 Å². The van der Waals surface area contributed by atoms with E-state index in [0.717, 1.165) is 19.5 Å². The molecule has 1 saturated heterocycles. The van der Waals surface area contributed by atoms with E-state index in [-0.39, 0.29) is 5.75 Å². The molecule has 0 bridgehead atoms. The van der Waals surface area contributed by atoms with Crippen LogP contribution in [0.15, 0.2) is 0 Å². The summed E-state index contributed by atoms with van der Waals surface area (Å²) < 4.78 is 21.7. The van der Waals surface area contributed by atoms with Crippen LogP contribution in [-0.2, 0) is 9.05 Å². The van der Waals surface area contributed by atoms with Gasteiger partial charge >= 0.3 is 0 Å². The summed E-state index contributed by atoms with van der Waals surface area (Å²) in [6, 6.07) is 0.639. The molecule has 1 atom stereocenters. The number of likely N-dealkylation sites (tertiary alicyclic amines) is 1. The Morgan fingerprint density at radius 2 is 2.06 bits per heavy atom. The standard InChI is InChI=1S/C11H22ClNO2S/c1-2-11-7-4-3-5-8-13(11)9-6-10-16(12,14)15/h11H,2-10H2,1H3. The van der Waals surface area contributed by atoms with Crippen molar-refractivity contribution in [2.75, 3.05) is 18.8 Å². The van der Waals surface area contributed by atoms with Gasteiger partial charge in [0.05, 0.1) is 5.75 Å². The molecule has 3 nitrogen and oxygen atoms in total. The van der Waals surface area contributed by atoms with Gasteiger partial charge in [0.15, 0.2) is 0 Å². The van der Waals surface area contributed by atoms with Gasteiger partial charge in [0.1, 0.15) is 0 Å². The third-order valence-corrected chi connectivity index (χ3v) is 4.54. The molecule has 1 unspecified atom stereocenters. The van der Waals surface area contributed by atoms with E-state index in [1.807, 2.05) is 0 Å². The van der Waals surface area contributed by atoms with Crippen molar-refractivity contribution in [3.05, 3.63) is 0 Å². The first kappa shape index (κ1) is 14.3. The molecule has 0 spiro atoms. The molecule has 1 aliphatic heterocycles. The van der Waals surface area contributed by atoms with Crippen LogP contribution in [0, 0.1) is 0 Å². The maximum atomic E-state index is 10.8. The zero-order chi connectivity index (χ0) is 12.0. The summed E-state index contributed by atoms with van der Waals surface area (Å²) >= 11 is 0. The van der Waals surface area contributed by atoms with Gasteiger partial charge in [-0.25, -0.2) is 8.42 Å². The van der Waals surface area contributed by atoms with Crippen molar-refractivity contribution in [3.8, 4) is 0 Å². The van der Waals surface area contributed by atoms with Crippen molar-refractivity contribution in [1.82, 2.24) is 4.90 Å². The molecule has 0 aromatic heterocycles. The third kappa shape index (κ3) is 5.51. The summed E-state index contributed by atoms with van der Waals surface area (Å²) in [5.41, 5.74) is 0. The normalized spacial score (nSPS) is 24.2. The van der Waals surface area contributed by atoms with Gasteiger partial charge in [-0.1, -0.05) is 19.8 Å². The van der Waals surface area contributed by atoms with Crippen molar-refractivity contribution in [1.29, 1.82) is 0 Å². The van der Waals surface area contributed by atoms with Gasteiger partial charge in [-0.2, -0.15) is 0 Å². The topological polar surface area (TPSA) is 37.4 Å². The number of hydrogen-bond acceptors (Lipinski definition) is 3. The average molecular weight is 268 g/mol. The van der Waals surface area contributed by atoms with E-state index in [4.69, 9.17) is 10.7 Å². The summed E-state index contributed by atoms with van der Waals surface area (Å²) in [5, 5.41) is 0. The zero-order valence-electron chi connectivity index (χ0n) is 9.99. The van der Waals surface area contributed by atoms with Crippen LogP contribution in [0.25, 0.3) is 0 Å². The highest BCUT2D eigenvalue weighted by Crippen LogP contribution is 2.19. The molecule has 1 heterocycles. The lowest BCUT2D eigenvalue weighted by atomic mass is 10.1. The highest BCUT2D eigenvalue weighted by atomic mass is 35.7. The van der Waals surface area contributed by atoms with E-state index in [1.54, 1.807) is 0 Å². The molecular formula is C11H22ClNO2S. The molecule has 1 aliphatic rings. The van der Waals surface area contributed by atoms with Gasteiger partial charge in [-0.05, 0) is 38.8 Å². The van der Waals surface area contributed by atoms with E-state index in [0.29, 0.717) is 12.5 Å². The lowest BCUT2D eigenvalue weighted by molar-refractivity contribution is 0.195. The van der Waals surface area contributed by atoms with Crippen molar-refractivity contribution < 1.29 is 8.42 Å². The minimum atomic E-state index is -3.31. The fraction of sp³-hybridized carbons (Fsp3) is 1.00. The fourth-order valence-corrected chi connectivity index (χ4v) is 3.23. The lowest BCUT2D eigenvalue weighted by Crippen LogP contribution is -2.35. The van der Waals surface area contributed by atoms with Crippen LogP contribution >= 0.6 is 10.7 Å². The molecule has 0 amide bonds. The van der Waals surface area contributed by atoms with Crippen LogP contribution in [0.3, 0.4) is 0 Å². The van der Waals surface area contributed by atoms with Crippen molar-refractivity contribution in [2.24, 2.45) is 0 Å². The quantitative estimate of drug-likeness (QED) is 0.719. The Morgan fingerprint density at radius 1 is 1.31 bits per heavy atom. The Kier molecular flexibility index (Phi) is 6.08. The summed E-state index contributed by atoms with van der Waals surface area (Å²) in [4.78, 5) is 2.44. The second kappa shape index (κ2) is 6.82. The monoisotopic (exact) mass is 267 g/mol. The van der Waals surface area contributed by atoms with Gasteiger partial charge in [-0.3, -0.25) is 0 Å². The highest BCUT2D eigenvalue weighted by Gasteiger charge is 2.19. The van der Waals surface area contributed by atoms with E-state index >= 15 is 0 Å². The number of halogens is 1. The highest BCUT2D eigenvalue weighted by molar-refractivity contribution is 8.13. The number of rotatable bonds is 5. The van der Waals surface area contributed by atoms with Gasteiger partial charge in [0.2, 0.25) is 9.05 Å². The van der Waals surface area contributed by atoms with E-state index in [2.05, 4.69) is 11.8 Å². The van der Waals surface area contributed by atoms with E-state index < -0.39 is 9.05 Å². The van der Waals surface area contributed by atoms with Gasteiger partial charge in [0, 0.05) is 16.7 Å². The largest absolute Gasteiger partial charge is 0.300 e. The predicted molar refractivity (Wildman–Crippen MR) is 68.4 cm³/mol. The van der Waals surface area contributed by atoms with Crippen LogP contribution in [0.5, 0.6) is 0 Å². The molecule has 1 rings (SSSR count). The predicted octanol–water partition coefficient (Wildman–Crippen LogP) is 2.60. The maximum absolute atomic E-state index is 10.8. The second-order valence-corrected chi connectivity index (χ2v) is 7.44. The minimum absolute atomic E-state index is 0.0987. The molecule has 0 radical (unpaired) electrons. The zero-order valence-corrected chi connectivity index (χ0v) is 11.6. The lowest BCUT2D eigenvalue weighted by Gasteiger charge is -2.28. The van der Waals surface area contributed by atoms with Crippen LogP contribution in [0.1, 0.15) is 45.4 Å². The smallest absolute Gasteiger partial charge is 0.232 e. The molecule has 0 N–H and O–H groups in total. The summed E-state index contributed by atoms with van der Waals surface area (Å²) in [7, 11) is 1.89. The fourth-order valence-electron chi connectivity index (χ4n) is 2.43. The summed E-state index contributed by atoms with van der Waals surface area (Å²) in [6.45, 7) is 4.19. The molecule has 0 aromatic carbocycles. The first-order valence-electron chi connectivity index (χ1n) is 6.19. The SMILES string of the molecule is CCC1CCCCCN1CCCS(=O)(=O)Cl. The first-order chi connectivity index (χ1) is 7.53. The van der Waals surface area contributed by atoms with E-state index in [1.165, 1.54) is 25.7 Å². The molecule has 0 aliphatic carbocycles. The Hall–Kier alpha value is 0.200. The Balaban J connectivity index is 2.37. The van der Waals surface area contributed by atoms with E-state index in [9.17, 15) is 8.42 Å². The van der Waals surface area contributed by atoms with Gasteiger partial charge in [-0.15, -0.1) is 0 Å². The van der Waals surface area contributed by atoms with Gasteiger partial charge < -0.3 is 4.90 Å². The van der Waals surface area contributed by atoms with Crippen molar-refractivity contribution in [3.63, 3.8) is 0 Å². The second-order valence-electron chi connectivity index (χ2n) is 4.54. The average Bonchev–Trinajstić information content (AvgIpc) is 2.41. The number of hydrogen-bond donors (Lipinski definition) is 0. The van der Waals surface area contributed by atoms with Crippen LogP contribution in [-0.4, -0.2) is 38.2 Å². The van der Waals surface area contributed by atoms with Crippen molar-refractivity contribution >= 4 is 19.7 Å². The Labute approximate surface area is 104 Å². The van der Waals surface area contributed by atoms with Crippen molar-refractivity contribution in [2.45, 2.75) is 51.5 Å². The van der Waals surface area contributed by atoms with Crippen LogP contribution < -0.4 is 0 Å². The number of nitrogens with zero attached hydrogens (tertiary/aromatic N) is 1. The first-order valence-corrected chi connectivity index (χ1v) is 8.67. The minimum Gasteiger partial charge on any atom is -0.300 e. The Bertz CT molecular complexity index is 292. The molecule has 96 valence electrons. The van der Waals surface area contributed by atoms with Crippen LogP contribution in [0.4, 0.5) is 0 Å². The molecule has 0 saturated carbocycles. The van der Waals surface area contributed by atoms with Gasteiger partial charge in [0.25, 0.3) is 0 Å². The summed E-state index contributed by atoms with van der Waals surface area (Å²) in [6.07, 6.45) is 6.92.